The zero-order chi connectivity index (χ0) is 12.8. The first-order chi connectivity index (χ1) is 8.78. The van der Waals surface area contributed by atoms with Crippen molar-refractivity contribution < 1.29 is 9.15 Å². The van der Waals surface area contributed by atoms with Gasteiger partial charge < -0.3 is 9.15 Å². The van der Waals surface area contributed by atoms with Crippen LogP contribution >= 0.6 is 23.4 Å². The number of nitrogens with zero attached hydrogens (tertiary/aromatic N) is 2. The number of halogens is 1. The van der Waals surface area contributed by atoms with Crippen LogP contribution in [0.1, 0.15) is 19.2 Å². The average Bonchev–Trinajstić information content (AvgIpc) is 2.84. The molecule has 2 aromatic rings. The van der Waals surface area contributed by atoms with Gasteiger partial charge in [-0.2, -0.15) is 0 Å². The quantitative estimate of drug-likeness (QED) is 0.755. The highest BCUT2D eigenvalue weighted by molar-refractivity contribution is 7.99. The summed E-state index contributed by atoms with van der Waals surface area (Å²) in [5.41, 5.74) is 0. The molecule has 0 unspecified atom stereocenters. The normalized spacial score (nSPS) is 10.6. The van der Waals surface area contributed by atoms with E-state index in [0.29, 0.717) is 16.1 Å². The van der Waals surface area contributed by atoms with Crippen molar-refractivity contribution in [1.29, 1.82) is 0 Å². The summed E-state index contributed by atoms with van der Waals surface area (Å²) >= 11 is 7.33. The minimum absolute atomic E-state index is 0.265. The molecule has 1 aromatic heterocycles. The summed E-state index contributed by atoms with van der Waals surface area (Å²) in [5, 5.41) is 9.11. The standard InChI is InChI=1S/C12H13ClN2O2S/c1-2-7-18-12-15-14-11(17-12)8-16-10-5-3-9(13)4-6-10/h3-6H,2,7-8H2,1H3. The Morgan fingerprint density at radius 2 is 2.06 bits per heavy atom. The Bertz CT molecular complexity index is 487. The highest BCUT2D eigenvalue weighted by Gasteiger charge is 2.06. The first-order valence-corrected chi connectivity index (χ1v) is 6.98. The minimum atomic E-state index is 0.265. The molecule has 0 saturated carbocycles. The van der Waals surface area contributed by atoms with E-state index < -0.39 is 0 Å². The van der Waals surface area contributed by atoms with Gasteiger partial charge in [0, 0.05) is 10.8 Å². The van der Waals surface area contributed by atoms with E-state index in [1.165, 1.54) is 0 Å². The van der Waals surface area contributed by atoms with E-state index in [1.807, 2.05) is 0 Å². The Labute approximate surface area is 115 Å². The van der Waals surface area contributed by atoms with E-state index >= 15 is 0 Å². The summed E-state index contributed by atoms with van der Waals surface area (Å²) in [6, 6.07) is 7.14. The van der Waals surface area contributed by atoms with Gasteiger partial charge in [-0.3, -0.25) is 0 Å². The molecule has 0 bridgehead atoms. The van der Waals surface area contributed by atoms with E-state index in [1.54, 1.807) is 36.0 Å². The first kappa shape index (κ1) is 13.2. The van der Waals surface area contributed by atoms with Crippen molar-refractivity contribution in [2.24, 2.45) is 0 Å². The van der Waals surface area contributed by atoms with E-state index in [0.717, 1.165) is 17.9 Å². The molecule has 0 aliphatic heterocycles. The molecule has 0 spiro atoms. The Hall–Kier alpha value is -1.20. The molecule has 6 heteroatoms. The van der Waals surface area contributed by atoms with Gasteiger partial charge in [-0.05, 0) is 30.7 Å². The lowest BCUT2D eigenvalue weighted by molar-refractivity contribution is 0.252. The lowest BCUT2D eigenvalue weighted by Gasteiger charge is -2.02. The summed E-state index contributed by atoms with van der Waals surface area (Å²) in [6.45, 7) is 2.37. The van der Waals surface area contributed by atoms with Crippen LogP contribution in [-0.2, 0) is 6.61 Å². The maximum atomic E-state index is 5.78. The van der Waals surface area contributed by atoms with Crippen LogP contribution in [0.2, 0.25) is 5.02 Å². The van der Waals surface area contributed by atoms with Crippen LogP contribution in [0.3, 0.4) is 0 Å². The smallest absolute Gasteiger partial charge is 0.276 e. The summed E-state index contributed by atoms with van der Waals surface area (Å²) in [6.07, 6.45) is 1.07. The van der Waals surface area contributed by atoms with Gasteiger partial charge in [-0.25, -0.2) is 0 Å². The Morgan fingerprint density at radius 3 is 2.78 bits per heavy atom. The Morgan fingerprint density at radius 1 is 1.28 bits per heavy atom. The van der Waals surface area contributed by atoms with Crippen LogP contribution in [0, 0.1) is 0 Å². The van der Waals surface area contributed by atoms with Gasteiger partial charge in [-0.1, -0.05) is 30.3 Å². The second kappa shape index (κ2) is 6.66. The zero-order valence-electron chi connectivity index (χ0n) is 9.93. The van der Waals surface area contributed by atoms with Gasteiger partial charge in [0.25, 0.3) is 11.1 Å². The van der Waals surface area contributed by atoms with Crippen molar-refractivity contribution in [2.75, 3.05) is 5.75 Å². The molecule has 2 rings (SSSR count). The largest absolute Gasteiger partial charge is 0.484 e. The molecule has 0 aliphatic carbocycles. The number of rotatable bonds is 6. The molecule has 4 nitrogen and oxygen atoms in total. The molecule has 0 saturated heterocycles. The van der Waals surface area contributed by atoms with Gasteiger partial charge in [0.15, 0.2) is 6.61 Å². The number of benzene rings is 1. The Balaban J connectivity index is 1.86. The van der Waals surface area contributed by atoms with Gasteiger partial charge in [0.1, 0.15) is 5.75 Å². The predicted molar refractivity (Wildman–Crippen MR) is 71.1 cm³/mol. The zero-order valence-corrected chi connectivity index (χ0v) is 11.5. The molecule has 0 fully saturated rings. The molecule has 0 radical (unpaired) electrons. The third-order valence-electron chi connectivity index (χ3n) is 2.05. The maximum Gasteiger partial charge on any atom is 0.276 e. The van der Waals surface area contributed by atoms with E-state index in [-0.39, 0.29) is 6.61 Å². The molecule has 18 heavy (non-hydrogen) atoms. The van der Waals surface area contributed by atoms with Crippen molar-refractivity contribution in [3.63, 3.8) is 0 Å². The van der Waals surface area contributed by atoms with E-state index in [4.69, 9.17) is 20.8 Å². The molecule has 0 atom stereocenters. The molecule has 1 heterocycles. The maximum absolute atomic E-state index is 5.78. The number of aromatic nitrogens is 2. The van der Waals surface area contributed by atoms with Gasteiger partial charge in [0.2, 0.25) is 0 Å². The SMILES string of the molecule is CCCSc1nnc(COc2ccc(Cl)cc2)o1. The number of ether oxygens (including phenoxy) is 1. The lowest BCUT2D eigenvalue weighted by Crippen LogP contribution is -1.95. The fourth-order valence-corrected chi connectivity index (χ4v) is 1.98. The molecule has 0 N–H and O–H groups in total. The second-order valence-electron chi connectivity index (χ2n) is 3.55. The lowest BCUT2D eigenvalue weighted by atomic mass is 10.3. The molecular formula is C12H13ClN2O2S. The highest BCUT2D eigenvalue weighted by atomic mass is 35.5. The minimum Gasteiger partial charge on any atom is -0.484 e. The van der Waals surface area contributed by atoms with Crippen LogP contribution in [0.4, 0.5) is 0 Å². The summed E-state index contributed by atoms with van der Waals surface area (Å²) in [4.78, 5) is 0. The fraction of sp³-hybridized carbons (Fsp3) is 0.333. The summed E-state index contributed by atoms with van der Waals surface area (Å²) in [5.74, 6) is 2.17. The van der Waals surface area contributed by atoms with Crippen molar-refractivity contribution in [1.82, 2.24) is 10.2 Å². The van der Waals surface area contributed by atoms with Crippen molar-refractivity contribution in [3.8, 4) is 5.75 Å². The Kier molecular flexibility index (Phi) is 4.90. The molecule has 96 valence electrons. The van der Waals surface area contributed by atoms with Crippen LogP contribution in [-0.4, -0.2) is 16.0 Å². The first-order valence-electron chi connectivity index (χ1n) is 5.61. The molecule has 0 aliphatic rings. The van der Waals surface area contributed by atoms with Gasteiger partial charge in [-0.15, -0.1) is 10.2 Å². The summed E-state index contributed by atoms with van der Waals surface area (Å²) in [7, 11) is 0. The van der Waals surface area contributed by atoms with E-state index in [2.05, 4.69) is 17.1 Å². The fourth-order valence-electron chi connectivity index (χ4n) is 1.22. The van der Waals surface area contributed by atoms with Crippen LogP contribution in [0.15, 0.2) is 33.9 Å². The van der Waals surface area contributed by atoms with Crippen molar-refractivity contribution in [2.45, 2.75) is 25.2 Å². The van der Waals surface area contributed by atoms with E-state index in [9.17, 15) is 0 Å². The number of thioether (sulfide) groups is 1. The molecule has 0 amide bonds. The van der Waals surface area contributed by atoms with Crippen LogP contribution < -0.4 is 4.74 Å². The predicted octanol–water partition coefficient (Wildman–Crippen LogP) is 3.80. The topological polar surface area (TPSA) is 48.2 Å². The van der Waals surface area contributed by atoms with Crippen LogP contribution in [0.25, 0.3) is 0 Å². The third-order valence-corrected chi connectivity index (χ3v) is 3.33. The number of hydrogen-bond acceptors (Lipinski definition) is 5. The van der Waals surface area contributed by atoms with Crippen LogP contribution in [0.5, 0.6) is 5.75 Å². The molecule has 1 aromatic carbocycles. The average molecular weight is 285 g/mol. The van der Waals surface area contributed by atoms with Gasteiger partial charge in [0.05, 0.1) is 0 Å². The highest BCUT2D eigenvalue weighted by Crippen LogP contribution is 2.19. The summed E-state index contributed by atoms with van der Waals surface area (Å²) < 4.78 is 10.9. The monoisotopic (exact) mass is 284 g/mol. The van der Waals surface area contributed by atoms with Crippen molar-refractivity contribution >= 4 is 23.4 Å². The second-order valence-corrected chi connectivity index (χ2v) is 5.04. The third kappa shape index (κ3) is 3.92. The van der Waals surface area contributed by atoms with Gasteiger partial charge >= 0.3 is 0 Å². The van der Waals surface area contributed by atoms with Crippen molar-refractivity contribution in [3.05, 3.63) is 35.2 Å². The number of hydrogen-bond donors (Lipinski definition) is 0. The molecular weight excluding hydrogens is 272 g/mol.